The number of benzene rings is 6. The molecule has 0 bridgehead atoms. The highest BCUT2D eigenvalue weighted by atomic mass is 16.5. The fraction of sp³-hybridized carbons (Fsp3) is 0. The largest absolute Gasteiger partial charge is 0.458 e. The molecule has 6 aromatic rings. The summed E-state index contributed by atoms with van der Waals surface area (Å²) in [6.45, 7) is -0.0153. The van der Waals surface area contributed by atoms with Crippen molar-refractivity contribution >= 4 is 23.1 Å². The molecule has 0 fully saturated rings. The Morgan fingerprint density at radius 1 is 0.385 bits per heavy atom. The summed E-state index contributed by atoms with van der Waals surface area (Å²) in [5.74, 6) is 3.52. The van der Waals surface area contributed by atoms with E-state index in [9.17, 15) is 0 Å². The van der Waals surface area contributed by atoms with Crippen LogP contribution in [0.1, 0.15) is 0 Å². The van der Waals surface area contributed by atoms with Crippen molar-refractivity contribution in [2.24, 2.45) is 0 Å². The van der Waals surface area contributed by atoms with Crippen LogP contribution < -0.4 is 25.9 Å². The molecular formula is C36H23BO2. The van der Waals surface area contributed by atoms with E-state index < -0.39 is 0 Å². The lowest BCUT2D eigenvalue weighted by molar-refractivity contribution is 0.467. The highest BCUT2D eigenvalue weighted by molar-refractivity contribution is 6.98. The molecule has 0 amide bonds. The minimum Gasteiger partial charge on any atom is -0.458 e. The van der Waals surface area contributed by atoms with Gasteiger partial charge in [-0.25, -0.2) is 0 Å². The Morgan fingerprint density at radius 2 is 0.897 bits per heavy atom. The molecule has 2 aliphatic heterocycles. The van der Waals surface area contributed by atoms with Gasteiger partial charge in [0.05, 0.1) is 0 Å². The van der Waals surface area contributed by atoms with E-state index in [1.807, 2.05) is 6.07 Å². The Morgan fingerprint density at radius 3 is 1.51 bits per heavy atom. The molecule has 0 saturated heterocycles. The van der Waals surface area contributed by atoms with Crippen molar-refractivity contribution in [2.75, 3.05) is 0 Å². The molecule has 182 valence electrons. The first-order valence-corrected chi connectivity index (χ1v) is 13.3. The maximum absolute atomic E-state index is 6.83. The van der Waals surface area contributed by atoms with Crippen LogP contribution in [0, 0.1) is 0 Å². The number of ether oxygens (including phenoxy) is 2. The van der Waals surface area contributed by atoms with E-state index in [2.05, 4.69) is 133 Å². The molecule has 0 aliphatic carbocycles. The zero-order chi connectivity index (χ0) is 25.8. The minimum atomic E-state index is -0.0153. The van der Waals surface area contributed by atoms with Crippen LogP contribution in [0.2, 0.25) is 0 Å². The Kier molecular flexibility index (Phi) is 4.96. The molecule has 2 aliphatic rings. The lowest BCUT2D eigenvalue weighted by Gasteiger charge is -2.35. The molecule has 0 spiro atoms. The van der Waals surface area contributed by atoms with Crippen LogP contribution in [0.4, 0.5) is 0 Å². The number of rotatable bonds is 3. The van der Waals surface area contributed by atoms with Gasteiger partial charge < -0.3 is 9.47 Å². The van der Waals surface area contributed by atoms with Gasteiger partial charge in [0.1, 0.15) is 23.0 Å². The summed E-state index contributed by atoms with van der Waals surface area (Å²) in [7, 11) is 0. The normalized spacial score (nSPS) is 12.5. The summed E-state index contributed by atoms with van der Waals surface area (Å²) in [5.41, 5.74) is 10.1. The van der Waals surface area contributed by atoms with Crippen molar-refractivity contribution in [1.29, 1.82) is 0 Å². The van der Waals surface area contributed by atoms with Gasteiger partial charge in [-0.15, -0.1) is 0 Å². The summed E-state index contributed by atoms with van der Waals surface area (Å²) in [5, 5.41) is 0. The summed E-state index contributed by atoms with van der Waals surface area (Å²) >= 11 is 0. The smallest absolute Gasteiger partial charge is 0.260 e. The monoisotopic (exact) mass is 498 g/mol. The third kappa shape index (κ3) is 3.51. The Hall–Kier alpha value is -5.02. The van der Waals surface area contributed by atoms with Gasteiger partial charge in [0.15, 0.2) is 0 Å². The minimum absolute atomic E-state index is 0.0153. The molecule has 0 N–H and O–H groups in total. The first kappa shape index (κ1) is 22.0. The molecular weight excluding hydrogens is 475 g/mol. The van der Waals surface area contributed by atoms with E-state index in [0.717, 1.165) is 61.6 Å². The van der Waals surface area contributed by atoms with Crippen molar-refractivity contribution < 1.29 is 9.47 Å². The van der Waals surface area contributed by atoms with Gasteiger partial charge in [-0.2, -0.15) is 0 Å². The second kappa shape index (κ2) is 8.78. The van der Waals surface area contributed by atoms with E-state index >= 15 is 0 Å². The quantitative estimate of drug-likeness (QED) is 0.236. The second-order valence-electron chi connectivity index (χ2n) is 10.1. The molecule has 0 atom stereocenters. The van der Waals surface area contributed by atoms with Gasteiger partial charge in [0, 0.05) is 16.6 Å². The van der Waals surface area contributed by atoms with Crippen molar-refractivity contribution in [2.45, 2.75) is 0 Å². The Balaban J connectivity index is 1.45. The van der Waals surface area contributed by atoms with Gasteiger partial charge in [0.2, 0.25) is 0 Å². The molecule has 0 aromatic heterocycles. The lowest BCUT2D eigenvalue weighted by Crippen LogP contribution is -2.57. The third-order valence-corrected chi connectivity index (χ3v) is 7.81. The second-order valence-corrected chi connectivity index (χ2v) is 10.1. The third-order valence-electron chi connectivity index (χ3n) is 7.81. The molecule has 0 saturated carbocycles. The molecule has 39 heavy (non-hydrogen) atoms. The van der Waals surface area contributed by atoms with E-state index in [1.54, 1.807) is 0 Å². The number of hydrogen-bond donors (Lipinski definition) is 0. The molecule has 2 heterocycles. The summed E-state index contributed by atoms with van der Waals surface area (Å²) in [4.78, 5) is 0. The number of hydrogen-bond acceptors (Lipinski definition) is 2. The fourth-order valence-corrected chi connectivity index (χ4v) is 6.00. The zero-order valence-corrected chi connectivity index (χ0v) is 21.2. The molecule has 2 nitrogen and oxygen atoms in total. The van der Waals surface area contributed by atoms with Crippen molar-refractivity contribution in [3.05, 3.63) is 140 Å². The first-order valence-electron chi connectivity index (χ1n) is 13.3. The van der Waals surface area contributed by atoms with E-state index in [1.165, 1.54) is 11.1 Å². The van der Waals surface area contributed by atoms with Gasteiger partial charge in [0.25, 0.3) is 6.71 Å². The van der Waals surface area contributed by atoms with Crippen LogP contribution in [0.15, 0.2) is 140 Å². The number of fused-ring (bicyclic) bond motifs is 4. The van der Waals surface area contributed by atoms with E-state index in [4.69, 9.17) is 9.47 Å². The van der Waals surface area contributed by atoms with Gasteiger partial charge >= 0.3 is 0 Å². The molecule has 0 unspecified atom stereocenters. The van der Waals surface area contributed by atoms with Gasteiger partial charge in [-0.1, -0.05) is 121 Å². The maximum atomic E-state index is 6.83. The van der Waals surface area contributed by atoms with Crippen molar-refractivity contribution in [3.8, 4) is 56.4 Å². The number of para-hydroxylation sites is 1. The van der Waals surface area contributed by atoms with Crippen LogP contribution in [-0.4, -0.2) is 6.71 Å². The highest BCUT2D eigenvalue weighted by Crippen LogP contribution is 2.46. The average Bonchev–Trinajstić information content (AvgIpc) is 3.02. The fourth-order valence-electron chi connectivity index (χ4n) is 6.00. The van der Waals surface area contributed by atoms with Gasteiger partial charge in [-0.3, -0.25) is 0 Å². The SMILES string of the molecule is c1ccc(-c2ccc3c(c2)B2c4ccccc4Oc4c(-c5ccccc5)cc(-c5ccccc5)c(c42)O3)cc1. The Labute approximate surface area is 228 Å². The average molecular weight is 498 g/mol. The lowest BCUT2D eigenvalue weighted by atomic mass is 9.34. The van der Waals surface area contributed by atoms with Crippen LogP contribution in [-0.2, 0) is 0 Å². The predicted octanol–water partition coefficient (Wildman–Crippen LogP) is 7.42. The van der Waals surface area contributed by atoms with Crippen LogP contribution in [0.3, 0.4) is 0 Å². The van der Waals surface area contributed by atoms with Crippen LogP contribution >= 0.6 is 0 Å². The standard InChI is InChI=1S/C36H23BO2/c1-4-12-24(13-5-1)27-20-21-33-31(22-27)37-30-18-10-11-19-32(30)38-35-28(25-14-6-2-7-15-25)23-29(36(39-33)34(35)37)26-16-8-3-9-17-26/h1-23H. The van der Waals surface area contributed by atoms with Crippen molar-refractivity contribution in [1.82, 2.24) is 0 Å². The first-order chi connectivity index (χ1) is 19.3. The van der Waals surface area contributed by atoms with Crippen LogP contribution in [0.25, 0.3) is 33.4 Å². The molecule has 8 rings (SSSR count). The van der Waals surface area contributed by atoms with E-state index in [-0.39, 0.29) is 6.71 Å². The van der Waals surface area contributed by atoms with Crippen LogP contribution in [0.5, 0.6) is 23.0 Å². The maximum Gasteiger partial charge on any atom is 0.260 e. The highest BCUT2D eigenvalue weighted by Gasteiger charge is 2.42. The van der Waals surface area contributed by atoms with E-state index in [0.29, 0.717) is 0 Å². The predicted molar refractivity (Wildman–Crippen MR) is 160 cm³/mol. The van der Waals surface area contributed by atoms with Gasteiger partial charge in [-0.05, 0) is 51.4 Å². The molecule has 0 radical (unpaired) electrons. The molecule has 3 heteroatoms. The topological polar surface area (TPSA) is 18.5 Å². The summed E-state index contributed by atoms with van der Waals surface area (Å²) < 4.78 is 13.6. The summed E-state index contributed by atoms with van der Waals surface area (Å²) in [6.07, 6.45) is 0. The Bertz CT molecular complexity index is 1790. The van der Waals surface area contributed by atoms with Crippen molar-refractivity contribution in [3.63, 3.8) is 0 Å². The molecule has 6 aromatic carbocycles. The zero-order valence-electron chi connectivity index (χ0n) is 21.2. The summed E-state index contributed by atoms with van der Waals surface area (Å²) in [6, 6.07) is 48.8.